The minimum absolute atomic E-state index is 0.202. The van der Waals surface area contributed by atoms with E-state index in [4.69, 9.17) is 5.11 Å². The minimum Gasteiger partial charge on any atom is -0.393 e. The first-order chi connectivity index (χ1) is 5.59. The van der Waals surface area contributed by atoms with E-state index in [0.717, 1.165) is 13.0 Å². The lowest BCUT2D eigenvalue weighted by atomic mass is 10.3. The lowest BCUT2D eigenvalue weighted by Gasteiger charge is -2.07. The molecule has 0 saturated heterocycles. The van der Waals surface area contributed by atoms with E-state index in [1.54, 1.807) is 0 Å². The fraction of sp³-hybridized carbons (Fsp3) is 0.600. The summed E-state index contributed by atoms with van der Waals surface area (Å²) in [5, 5.41) is 9.10. The van der Waals surface area contributed by atoms with E-state index < -0.39 is 0 Å². The molecule has 2 nitrogen and oxygen atoms in total. The van der Waals surface area contributed by atoms with Crippen LogP contribution in [0.4, 0.5) is 0 Å². The average Bonchev–Trinajstić information content (AvgIpc) is 2.26. The van der Waals surface area contributed by atoms with Gasteiger partial charge in [0, 0.05) is 18.4 Å². The van der Waals surface area contributed by atoms with Gasteiger partial charge in [-0.05, 0) is 38.8 Å². The highest BCUT2D eigenvalue weighted by Crippen LogP contribution is 2.07. The van der Waals surface area contributed by atoms with E-state index in [9.17, 15) is 0 Å². The molecule has 1 aromatic heterocycles. The SMILES string of the molecule is Cc1cc(C)n(CC[C@H](C)O)c1. The molecular weight excluding hydrogens is 150 g/mol. The zero-order chi connectivity index (χ0) is 9.14. The third-order valence-corrected chi connectivity index (χ3v) is 2.04. The molecule has 0 unspecified atom stereocenters. The second-order valence-electron chi connectivity index (χ2n) is 3.49. The molecule has 0 aliphatic rings. The first kappa shape index (κ1) is 9.33. The van der Waals surface area contributed by atoms with E-state index in [2.05, 4.69) is 30.7 Å². The maximum Gasteiger partial charge on any atom is 0.0529 e. The predicted molar refractivity (Wildman–Crippen MR) is 50.2 cm³/mol. The first-order valence-electron chi connectivity index (χ1n) is 4.41. The Hall–Kier alpha value is -0.760. The number of hydrogen-bond donors (Lipinski definition) is 1. The third kappa shape index (κ3) is 2.38. The van der Waals surface area contributed by atoms with Crippen molar-refractivity contribution in [2.45, 2.75) is 39.8 Å². The molecule has 0 aromatic carbocycles. The van der Waals surface area contributed by atoms with E-state index in [-0.39, 0.29) is 6.10 Å². The topological polar surface area (TPSA) is 25.2 Å². The highest BCUT2D eigenvalue weighted by atomic mass is 16.3. The van der Waals surface area contributed by atoms with Gasteiger partial charge in [0.1, 0.15) is 0 Å². The number of aliphatic hydroxyl groups excluding tert-OH is 1. The van der Waals surface area contributed by atoms with Crippen LogP contribution in [0.3, 0.4) is 0 Å². The van der Waals surface area contributed by atoms with Crippen LogP contribution in [-0.4, -0.2) is 15.8 Å². The van der Waals surface area contributed by atoms with Gasteiger partial charge in [-0.2, -0.15) is 0 Å². The molecule has 1 atom stereocenters. The normalized spacial score (nSPS) is 13.3. The van der Waals surface area contributed by atoms with Crippen LogP contribution in [-0.2, 0) is 6.54 Å². The van der Waals surface area contributed by atoms with E-state index in [1.165, 1.54) is 11.3 Å². The van der Waals surface area contributed by atoms with Gasteiger partial charge in [0.05, 0.1) is 6.10 Å². The van der Waals surface area contributed by atoms with Crippen LogP contribution in [0.2, 0.25) is 0 Å². The van der Waals surface area contributed by atoms with Crippen molar-refractivity contribution in [1.82, 2.24) is 4.57 Å². The molecule has 0 spiro atoms. The van der Waals surface area contributed by atoms with Gasteiger partial charge in [0.25, 0.3) is 0 Å². The van der Waals surface area contributed by atoms with E-state index in [0.29, 0.717) is 0 Å². The average molecular weight is 167 g/mol. The van der Waals surface area contributed by atoms with Crippen molar-refractivity contribution in [3.05, 3.63) is 23.5 Å². The van der Waals surface area contributed by atoms with Crippen LogP contribution in [0.15, 0.2) is 12.3 Å². The number of rotatable bonds is 3. The summed E-state index contributed by atoms with van der Waals surface area (Å²) in [5.41, 5.74) is 2.56. The maximum absolute atomic E-state index is 9.10. The van der Waals surface area contributed by atoms with Crippen molar-refractivity contribution < 1.29 is 5.11 Å². The minimum atomic E-state index is -0.202. The van der Waals surface area contributed by atoms with Gasteiger partial charge in [-0.15, -0.1) is 0 Å². The lowest BCUT2D eigenvalue weighted by Crippen LogP contribution is -2.06. The summed E-state index contributed by atoms with van der Waals surface area (Å²) in [4.78, 5) is 0. The van der Waals surface area contributed by atoms with Crippen LogP contribution < -0.4 is 0 Å². The molecule has 0 bridgehead atoms. The number of aromatic nitrogens is 1. The standard InChI is InChI=1S/C10H17NO/c1-8-6-9(2)11(7-8)5-4-10(3)12/h6-7,10,12H,4-5H2,1-3H3/t10-/m0/s1. The molecule has 0 fully saturated rings. The largest absolute Gasteiger partial charge is 0.393 e. The fourth-order valence-electron chi connectivity index (χ4n) is 1.36. The smallest absolute Gasteiger partial charge is 0.0529 e. The molecule has 0 aliphatic heterocycles. The van der Waals surface area contributed by atoms with Gasteiger partial charge in [0.2, 0.25) is 0 Å². The second-order valence-corrected chi connectivity index (χ2v) is 3.49. The van der Waals surface area contributed by atoms with Crippen molar-refractivity contribution in [2.75, 3.05) is 0 Å². The highest BCUT2D eigenvalue weighted by molar-refractivity contribution is 5.15. The van der Waals surface area contributed by atoms with Gasteiger partial charge in [-0.25, -0.2) is 0 Å². The molecule has 1 aromatic rings. The summed E-state index contributed by atoms with van der Waals surface area (Å²) in [6.07, 6.45) is 2.75. The number of aliphatic hydroxyl groups is 1. The monoisotopic (exact) mass is 167 g/mol. The Morgan fingerprint density at radius 2 is 2.17 bits per heavy atom. The summed E-state index contributed by atoms with van der Waals surface area (Å²) in [6.45, 7) is 6.92. The van der Waals surface area contributed by atoms with E-state index in [1.807, 2.05) is 6.92 Å². The van der Waals surface area contributed by atoms with Crippen LogP contribution in [0.1, 0.15) is 24.6 Å². The van der Waals surface area contributed by atoms with Crippen LogP contribution in [0, 0.1) is 13.8 Å². The van der Waals surface area contributed by atoms with E-state index >= 15 is 0 Å². The van der Waals surface area contributed by atoms with Crippen LogP contribution in [0.25, 0.3) is 0 Å². The van der Waals surface area contributed by atoms with Crippen molar-refractivity contribution in [3.63, 3.8) is 0 Å². The summed E-state index contributed by atoms with van der Waals surface area (Å²) in [7, 11) is 0. The molecule has 2 heteroatoms. The Labute approximate surface area is 73.8 Å². The summed E-state index contributed by atoms with van der Waals surface area (Å²) in [5.74, 6) is 0. The molecule has 0 amide bonds. The highest BCUT2D eigenvalue weighted by Gasteiger charge is 2.00. The summed E-state index contributed by atoms with van der Waals surface area (Å²) in [6, 6.07) is 2.15. The molecule has 0 saturated carbocycles. The Balaban J connectivity index is 2.57. The zero-order valence-corrected chi connectivity index (χ0v) is 8.04. The molecular formula is C10H17NO. The van der Waals surface area contributed by atoms with Gasteiger partial charge in [-0.1, -0.05) is 0 Å². The molecule has 1 rings (SSSR count). The summed E-state index contributed by atoms with van der Waals surface area (Å²) < 4.78 is 2.18. The number of nitrogens with zero attached hydrogens (tertiary/aromatic N) is 1. The first-order valence-corrected chi connectivity index (χ1v) is 4.41. The van der Waals surface area contributed by atoms with Crippen molar-refractivity contribution in [3.8, 4) is 0 Å². The van der Waals surface area contributed by atoms with Gasteiger partial charge in [-0.3, -0.25) is 0 Å². The molecule has 1 N–H and O–H groups in total. The number of aryl methyl sites for hydroxylation is 3. The third-order valence-electron chi connectivity index (χ3n) is 2.04. The second kappa shape index (κ2) is 3.76. The zero-order valence-electron chi connectivity index (χ0n) is 8.04. The van der Waals surface area contributed by atoms with Crippen LogP contribution in [0.5, 0.6) is 0 Å². The molecule has 0 radical (unpaired) electrons. The molecule has 12 heavy (non-hydrogen) atoms. The van der Waals surface area contributed by atoms with Crippen molar-refractivity contribution >= 4 is 0 Å². The van der Waals surface area contributed by atoms with Crippen molar-refractivity contribution in [1.29, 1.82) is 0 Å². The summed E-state index contributed by atoms with van der Waals surface area (Å²) >= 11 is 0. The van der Waals surface area contributed by atoms with Gasteiger partial charge in [0.15, 0.2) is 0 Å². The molecule has 68 valence electrons. The molecule has 1 heterocycles. The Morgan fingerprint density at radius 1 is 1.50 bits per heavy atom. The predicted octanol–water partition coefficient (Wildman–Crippen LogP) is 1.88. The lowest BCUT2D eigenvalue weighted by molar-refractivity contribution is 0.178. The Morgan fingerprint density at radius 3 is 2.58 bits per heavy atom. The van der Waals surface area contributed by atoms with Crippen LogP contribution >= 0.6 is 0 Å². The maximum atomic E-state index is 9.10. The number of hydrogen-bond acceptors (Lipinski definition) is 1. The quantitative estimate of drug-likeness (QED) is 0.730. The molecule has 0 aliphatic carbocycles. The van der Waals surface area contributed by atoms with Crippen molar-refractivity contribution in [2.24, 2.45) is 0 Å². The van der Waals surface area contributed by atoms with Gasteiger partial charge < -0.3 is 9.67 Å². The Bertz CT molecular complexity index is 250. The fourth-order valence-corrected chi connectivity index (χ4v) is 1.36. The Kier molecular flexibility index (Phi) is 2.93. The van der Waals surface area contributed by atoms with Gasteiger partial charge >= 0.3 is 0 Å².